The second kappa shape index (κ2) is 7.28. The van der Waals surface area contributed by atoms with Gasteiger partial charge in [-0.1, -0.05) is 11.6 Å². The number of allylic oxidation sites excluding steroid dienone is 1. The minimum atomic E-state index is -0.721. The van der Waals surface area contributed by atoms with E-state index in [4.69, 9.17) is 11.3 Å². The molecule has 1 aromatic heterocycles. The minimum absolute atomic E-state index is 0.0920. The smallest absolute Gasteiger partial charge is 0.288 e. The van der Waals surface area contributed by atoms with Crippen LogP contribution in [-0.4, -0.2) is 9.97 Å². The molecule has 29 heavy (non-hydrogen) atoms. The van der Waals surface area contributed by atoms with Crippen molar-refractivity contribution in [1.82, 2.24) is 9.97 Å². The van der Waals surface area contributed by atoms with Crippen LogP contribution >= 0.6 is 0 Å². The number of ether oxygens (including phenoxy) is 1. The molecular weight excluding hydrogens is 381 g/mol. The molecule has 144 valence electrons. The first-order valence-corrected chi connectivity index (χ1v) is 8.57. The van der Waals surface area contributed by atoms with Crippen LogP contribution in [0.15, 0.2) is 42.2 Å². The fraction of sp³-hybridized carbons (Fsp3) is 0.0952. The molecule has 3 aromatic rings. The lowest BCUT2D eigenvalue weighted by Gasteiger charge is -2.13. The van der Waals surface area contributed by atoms with E-state index >= 15 is 0 Å². The number of hydrogen-bond acceptors (Lipinski definition) is 4. The van der Waals surface area contributed by atoms with Crippen LogP contribution in [-0.2, 0) is 6.42 Å². The van der Waals surface area contributed by atoms with Gasteiger partial charge in [0.15, 0.2) is 11.6 Å². The highest BCUT2D eigenvalue weighted by molar-refractivity contribution is 5.75. The largest absolute Gasteiger partial charge is 0.446 e. The summed E-state index contributed by atoms with van der Waals surface area (Å²) >= 11 is 0. The quantitative estimate of drug-likeness (QED) is 0.557. The van der Waals surface area contributed by atoms with E-state index in [9.17, 15) is 13.2 Å². The Morgan fingerprint density at radius 2 is 1.90 bits per heavy atom. The van der Waals surface area contributed by atoms with Crippen LogP contribution in [0.4, 0.5) is 30.4 Å². The van der Waals surface area contributed by atoms with Crippen LogP contribution in [0.3, 0.4) is 0 Å². The van der Waals surface area contributed by atoms with Gasteiger partial charge in [-0.15, -0.1) is 0 Å². The van der Waals surface area contributed by atoms with Gasteiger partial charge in [-0.2, -0.15) is 0 Å². The van der Waals surface area contributed by atoms with Crippen LogP contribution < -0.4 is 10.1 Å². The summed E-state index contributed by atoms with van der Waals surface area (Å²) in [6.45, 7) is 9.21. The van der Waals surface area contributed by atoms with Crippen LogP contribution in [0.2, 0.25) is 0 Å². The topological polar surface area (TPSA) is 51.4 Å². The van der Waals surface area contributed by atoms with Gasteiger partial charge in [0, 0.05) is 22.9 Å². The summed E-state index contributed by atoms with van der Waals surface area (Å²) in [5, 5.41) is 2.86. The number of hydrogen-bond donors (Lipinski definition) is 1. The summed E-state index contributed by atoms with van der Waals surface area (Å²) in [6.07, 6.45) is 3.03. The van der Waals surface area contributed by atoms with Gasteiger partial charge in [0.2, 0.25) is 5.88 Å². The predicted octanol–water partition coefficient (Wildman–Crippen LogP) is 5.94. The minimum Gasteiger partial charge on any atom is -0.446 e. The first kappa shape index (κ1) is 18.5. The highest BCUT2D eigenvalue weighted by atomic mass is 19.1. The van der Waals surface area contributed by atoms with Gasteiger partial charge in [0.1, 0.15) is 23.8 Å². The summed E-state index contributed by atoms with van der Waals surface area (Å²) in [4.78, 5) is 11.2. The monoisotopic (exact) mass is 394 g/mol. The molecule has 0 spiro atoms. The Labute approximate surface area is 164 Å². The highest BCUT2D eigenvalue weighted by Gasteiger charge is 2.24. The van der Waals surface area contributed by atoms with E-state index in [0.29, 0.717) is 12.1 Å². The van der Waals surface area contributed by atoms with Crippen molar-refractivity contribution in [3.05, 3.63) is 82.2 Å². The third kappa shape index (κ3) is 3.50. The lowest BCUT2D eigenvalue weighted by atomic mass is 10.1. The van der Waals surface area contributed by atoms with Crippen molar-refractivity contribution in [2.75, 3.05) is 5.32 Å². The molecule has 4 rings (SSSR count). The number of nitrogens with one attached hydrogen (secondary N) is 1. The third-order valence-corrected chi connectivity index (χ3v) is 4.38. The Kier molecular flexibility index (Phi) is 4.64. The molecule has 5 nitrogen and oxygen atoms in total. The third-order valence-electron chi connectivity index (χ3n) is 4.38. The van der Waals surface area contributed by atoms with Crippen molar-refractivity contribution in [1.29, 1.82) is 0 Å². The molecule has 0 unspecified atom stereocenters. The number of rotatable bonds is 4. The van der Waals surface area contributed by atoms with E-state index in [0.717, 1.165) is 18.0 Å². The second-order valence-corrected chi connectivity index (χ2v) is 6.45. The summed E-state index contributed by atoms with van der Waals surface area (Å²) in [6, 6.07) is 6.38. The normalized spacial score (nSPS) is 12.2. The molecule has 0 radical (unpaired) electrons. The number of anilines is 2. The van der Waals surface area contributed by atoms with Crippen LogP contribution in [0, 0.1) is 24.0 Å². The molecule has 2 aromatic carbocycles. The highest BCUT2D eigenvalue weighted by Crippen LogP contribution is 2.40. The number of benzene rings is 2. The molecule has 8 heteroatoms. The Balaban J connectivity index is 1.70. The zero-order valence-electron chi connectivity index (χ0n) is 15.1. The molecule has 0 saturated heterocycles. The molecule has 0 bridgehead atoms. The van der Waals surface area contributed by atoms with Gasteiger partial charge >= 0.3 is 0 Å². The number of aromatic nitrogens is 2. The van der Waals surface area contributed by atoms with Gasteiger partial charge in [0.05, 0.1) is 6.57 Å². The maximum Gasteiger partial charge on any atom is 0.288 e. The zero-order valence-corrected chi connectivity index (χ0v) is 15.1. The number of nitrogens with zero attached hydrogens (tertiary/aromatic N) is 3. The zero-order chi connectivity index (χ0) is 20.5. The lowest BCUT2D eigenvalue weighted by molar-refractivity contribution is 0.422. The van der Waals surface area contributed by atoms with Crippen LogP contribution in [0.5, 0.6) is 11.6 Å². The Hall–Kier alpha value is -3.86. The van der Waals surface area contributed by atoms with E-state index in [2.05, 4.69) is 20.1 Å². The number of fused-ring (bicyclic) bond motifs is 1. The molecule has 0 fully saturated rings. The van der Waals surface area contributed by atoms with E-state index < -0.39 is 17.5 Å². The predicted molar refractivity (Wildman–Crippen MR) is 102 cm³/mol. The molecule has 1 heterocycles. The summed E-state index contributed by atoms with van der Waals surface area (Å²) in [5.41, 5.74) is 1.62. The van der Waals surface area contributed by atoms with Crippen molar-refractivity contribution in [2.45, 2.75) is 13.3 Å². The molecule has 0 atom stereocenters. The van der Waals surface area contributed by atoms with Crippen molar-refractivity contribution < 1.29 is 17.9 Å². The summed E-state index contributed by atoms with van der Waals surface area (Å²) in [7, 11) is 0. The van der Waals surface area contributed by atoms with Gasteiger partial charge in [-0.05, 0) is 37.6 Å². The maximum atomic E-state index is 14.8. The Morgan fingerprint density at radius 3 is 2.62 bits per heavy atom. The first-order valence-electron chi connectivity index (χ1n) is 8.57. The van der Waals surface area contributed by atoms with Crippen LogP contribution in [0.25, 0.3) is 10.9 Å². The van der Waals surface area contributed by atoms with Crippen LogP contribution in [0.1, 0.15) is 18.1 Å². The second-order valence-electron chi connectivity index (χ2n) is 6.45. The van der Waals surface area contributed by atoms with E-state index in [1.165, 1.54) is 24.3 Å². The molecule has 0 aliphatic heterocycles. The fourth-order valence-electron chi connectivity index (χ4n) is 3.04. The molecule has 0 saturated carbocycles. The van der Waals surface area contributed by atoms with Gasteiger partial charge in [-0.25, -0.2) is 28.0 Å². The van der Waals surface area contributed by atoms with Gasteiger partial charge < -0.3 is 10.1 Å². The SMILES string of the molecule is [C-]#[N+]c1c(Nc2ccc(F)cc2)ncnc1Oc1cc(F)c2c(c1F)C=C(C)C2. The molecule has 1 N–H and O–H groups in total. The van der Waals surface area contributed by atoms with Crippen molar-refractivity contribution in [3.63, 3.8) is 0 Å². The van der Waals surface area contributed by atoms with Gasteiger partial charge in [-0.3, -0.25) is 0 Å². The number of halogens is 3. The van der Waals surface area contributed by atoms with E-state index in [1.54, 1.807) is 13.0 Å². The standard InChI is InChI=1S/C21H13F3N4O/c1-11-7-14-15(8-11)18(24)17(9-16(14)23)29-21-19(25-2)20(26-10-27-21)28-13-5-3-12(22)4-6-13/h3-6,8-10H,7H2,1H3,(H,26,27,28). The fourth-order valence-corrected chi connectivity index (χ4v) is 3.04. The van der Waals surface area contributed by atoms with Gasteiger partial charge in [0.25, 0.3) is 5.69 Å². The van der Waals surface area contributed by atoms with E-state index in [-0.39, 0.29) is 34.3 Å². The maximum absolute atomic E-state index is 14.8. The van der Waals surface area contributed by atoms with Crippen molar-refractivity contribution in [2.24, 2.45) is 0 Å². The van der Waals surface area contributed by atoms with E-state index in [1.807, 2.05) is 0 Å². The molecular formula is C21H13F3N4O. The lowest BCUT2D eigenvalue weighted by Crippen LogP contribution is -2.00. The first-order chi connectivity index (χ1) is 14.0. The molecule has 1 aliphatic carbocycles. The molecule has 1 aliphatic rings. The average Bonchev–Trinajstić information content (AvgIpc) is 3.10. The summed E-state index contributed by atoms with van der Waals surface area (Å²) in [5.74, 6) is -2.23. The Morgan fingerprint density at radius 1 is 1.14 bits per heavy atom. The summed E-state index contributed by atoms with van der Waals surface area (Å²) < 4.78 is 47.7. The van der Waals surface area contributed by atoms with Crippen molar-refractivity contribution in [3.8, 4) is 11.6 Å². The van der Waals surface area contributed by atoms with Crippen molar-refractivity contribution >= 4 is 23.3 Å². The molecule has 0 amide bonds. The average molecular weight is 394 g/mol. The Bertz CT molecular complexity index is 1180.